The molecular weight excluding hydrogens is 456 g/mol. The van der Waals surface area contributed by atoms with E-state index >= 15 is 0 Å². The molecule has 0 bridgehead atoms. The lowest BCUT2D eigenvalue weighted by Crippen LogP contribution is -2.66. The molecular formula is C18H12Cl3F3N2O3. The van der Waals surface area contributed by atoms with Crippen LogP contribution in [-0.2, 0) is 10.5 Å². The Bertz CT molecular complexity index is 969. The van der Waals surface area contributed by atoms with Crippen molar-refractivity contribution in [2.45, 2.75) is 17.9 Å². The minimum Gasteiger partial charge on any atom is -0.366 e. The van der Waals surface area contributed by atoms with Crippen LogP contribution in [0.5, 0.6) is 0 Å². The van der Waals surface area contributed by atoms with Crippen molar-refractivity contribution in [1.29, 1.82) is 0 Å². The molecule has 1 aliphatic rings. The molecule has 2 amide bonds. The van der Waals surface area contributed by atoms with E-state index < -0.39 is 35.7 Å². The summed E-state index contributed by atoms with van der Waals surface area (Å²) in [6, 6.07) is 6.32. The summed E-state index contributed by atoms with van der Waals surface area (Å²) in [5.74, 6) is -4.45. The van der Waals surface area contributed by atoms with E-state index in [4.69, 9.17) is 34.8 Å². The Labute approximate surface area is 177 Å². The Balaban J connectivity index is 2.22. The van der Waals surface area contributed by atoms with Gasteiger partial charge in [0.05, 0.1) is 6.04 Å². The zero-order chi connectivity index (χ0) is 21.6. The molecule has 3 atom stereocenters. The van der Waals surface area contributed by atoms with Crippen molar-refractivity contribution >= 4 is 46.6 Å². The van der Waals surface area contributed by atoms with Crippen LogP contribution in [0.1, 0.15) is 17.2 Å². The third-order valence-electron chi connectivity index (χ3n) is 4.52. The zero-order valence-electron chi connectivity index (χ0n) is 14.2. The molecule has 2 aromatic carbocycles. The van der Waals surface area contributed by atoms with Gasteiger partial charge in [-0.15, -0.1) is 0 Å². The molecule has 0 saturated carbocycles. The monoisotopic (exact) mass is 466 g/mol. The van der Waals surface area contributed by atoms with Crippen LogP contribution in [0.15, 0.2) is 42.5 Å². The number of urea groups is 1. The normalized spacial score (nSPS) is 24.6. The Kier molecular flexibility index (Phi) is 5.75. The summed E-state index contributed by atoms with van der Waals surface area (Å²) >= 11 is 17.7. The van der Waals surface area contributed by atoms with Crippen molar-refractivity contribution < 1.29 is 27.9 Å². The second kappa shape index (κ2) is 7.68. The molecule has 154 valence electrons. The standard InChI is InChI=1S/C18H12Cl3F3N2O3/c19-9-3-1-8(2-4-9)17(29)13(15(27)18(22,23)24)14(25-16(28)26-17)11-6-5-10(20)7-12(11)21/h1-7,13-14,29H,(H2,25,26,28)/t13-,14+,17+/m0/s1. The number of benzene rings is 2. The summed E-state index contributed by atoms with van der Waals surface area (Å²) in [7, 11) is 0. The molecule has 5 nitrogen and oxygen atoms in total. The molecule has 0 radical (unpaired) electrons. The fourth-order valence-electron chi connectivity index (χ4n) is 3.24. The van der Waals surface area contributed by atoms with Crippen LogP contribution in [0.4, 0.5) is 18.0 Å². The first-order chi connectivity index (χ1) is 13.4. The van der Waals surface area contributed by atoms with Crippen molar-refractivity contribution in [2.24, 2.45) is 5.92 Å². The van der Waals surface area contributed by atoms with E-state index in [-0.39, 0.29) is 26.2 Å². The highest BCUT2D eigenvalue weighted by Gasteiger charge is 2.59. The van der Waals surface area contributed by atoms with Crippen LogP contribution in [-0.4, -0.2) is 23.1 Å². The van der Waals surface area contributed by atoms with Gasteiger partial charge in [-0.2, -0.15) is 13.2 Å². The summed E-state index contributed by atoms with van der Waals surface area (Å²) in [5, 5.41) is 15.8. The molecule has 1 saturated heterocycles. The molecule has 2 aromatic rings. The van der Waals surface area contributed by atoms with Crippen LogP contribution < -0.4 is 10.6 Å². The van der Waals surface area contributed by atoms with Crippen molar-refractivity contribution in [3.63, 3.8) is 0 Å². The van der Waals surface area contributed by atoms with Gasteiger partial charge < -0.3 is 15.7 Å². The number of nitrogens with one attached hydrogen (secondary N) is 2. The van der Waals surface area contributed by atoms with Crippen molar-refractivity contribution in [3.05, 3.63) is 68.7 Å². The van der Waals surface area contributed by atoms with Crippen molar-refractivity contribution in [2.75, 3.05) is 0 Å². The number of amides is 2. The maximum absolute atomic E-state index is 13.4. The molecule has 29 heavy (non-hydrogen) atoms. The molecule has 3 N–H and O–H groups in total. The number of carbonyl (C=O) groups is 2. The lowest BCUT2D eigenvalue weighted by atomic mass is 9.76. The quantitative estimate of drug-likeness (QED) is 0.618. The van der Waals surface area contributed by atoms with Gasteiger partial charge in [0.25, 0.3) is 0 Å². The average Bonchev–Trinajstić information content (AvgIpc) is 2.60. The Morgan fingerprint density at radius 2 is 1.62 bits per heavy atom. The van der Waals surface area contributed by atoms with Crippen molar-refractivity contribution in [3.8, 4) is 0 Å². The Morgan fingerprint density at radius 1 is 1.03 bits per heavy atom. The molecule has 1 heterocycles. The summed E-state index contributed by atoms with van der Waals surface area (Å²) in [5.41, 5.74) is -2.86. The molecule has 11 heteroatoms. The van der Waals surface area contributed by atoms with E-state index in [1.807, 2.05) is 5.32 Å². The first kappa shape index (κ1) is 21.7. The van der Waals surface area contributed by atoms with Crippen LogP contribution >= 0.6 is 34.8 Å². The number of Topliss-reactive ketones (excluding diaryl/α,β-unsaturated/α-hetero) is 1. The van der Waals surface area contributed by atoms with E-state index in [2.05, 4.69) is 5.32 Å². The van der Waals surface area contributed by atoms with Gasteiger partial charge in [-0.3, -0.25) is 4.79 Å². The van der Waals surface area contributed by atoms with Gasteiger partial charge in [0, 0.05) is 20.6 Å². The molecule has 0 aromatic heterocycles. The topological polar surface area (TPSA) is 78.4 Å². The Hall–Kier alpha value is -2.00. The first-order valence-electron chi connectivity index (χ1n) is 8.06. The first-order valence-corrected chi connectivity index (χ1v) is 9.20. The van der Waals surface area contributed by atoms with Crippen LogP contribution in [0, 0.1) is 5.92 Å². The summed E-state index contributed by atoms with van der Waals surface area (Å²) < 4.78 is 40.3. The molecule has 0 aliphatic carbocycles. The predicted molar refractivity (Wildman–Crippen MR) is 101 cm³/mol. The highest BCUT2D eigenvalue weighted by molar-refractivity contribution is 6.35. The SMILES string of the molecule is O=C1N[C@H](c2ccc(Cl)cc2Cl)[C@@H](C(=O)C(F)(F)F)[C@](O)(c2ccc(Cl)cc2)N1. The van der Waals surface area contributed by atoms with Crippen LogP contribution in [0.2, 0.25) is 15.1 Å². The molecule has 3 rings (SSSR count). The van der Waals surface area contributed by atoms with Crippen LogP contribution in [0.25, 0.3) is 0 Å². The van der Waals surface area contributed by atoms with Gasteiger partial charge in [-0.25, -0.2) is 4.79 Å². The zero-order valence-corrected chi connectivity index (χ0v) is 16.5. The third kappa shape index (κ3) is 4.16. The van der Waals surface area contributed by atoms with E-state index in [9.17, 15) is 27.9 Å². The number of aliphatic hydroxyl groups is 1. The smallest absolute Gasteiger partial charge is 0.366 e. The largest absolute Gasteiger partial charge is 0.450 e. The van der Waals surface area contributed by atoms with Gasteiger partial charge in [-0.1, -0.05) is 53.0 Å². The molecule has 1 fully saturated rings. The van der Waals surface area contributed by atoms with E-state index in [1.165, 1.54) is 42.5 Å². The lowest BCUT2D eigenvalue weighted by Gasteiger charge is -2.45. The van der Waals surface area contributed by atoms with Gasteiger partial charge >= 0.3 is 12.2 Å². The summed E-state index contributed by atoms with van der Waals surface area (Å²) in [4.78, 5) is 24.6. The molecule has 0 spiro atoms. The van der Waals surface area contributed by atoms with Gasteiger partial charge in [0.1, 0.15) is 5.92 Å². The maximum atomic E-state index is 13.4. The fraction of sp³-hybridized carbons (Fsp3) is 0.222. The maximum Gasteiger partial charge on any atom is 0.450 e. The second-order valence-electron chi connectivity index (χ2n) is 6.35. The minimum atomic E-state index is -5.30. The average molecular weight is 468 g/mol. The van der Waals surface area contributed by atoms with E-state index in [0.29, 0.717) is 0 Å². The van der Waals surface area contributed by atoms with Gasteiger partial charge in [0.2, 0.25) is 5.78 Å². The number of halogens is 6. The number of hydrogen-bond donors (Lipinski definition) is 3. The Morgan fingerprint density at radius 3 is 2.17 bits per heavy atom. The van der Waals surface area contributed by atoms with Crippen LogP contribution in [0.3, 0.4) is 0 Å². The molecule has 1 aliphatic heterocycles. The second-order valence-corrected chi connectivity index (χ2v) is 7.63. The summed E-state index contributed by atoms with van der Waals surface area (Å²) in [6.07, 6.45) is -5.30. The highest BCUT2D eigenvalue weighted by atomic mass is 35.5. The predicted octanol–water partition coefficient (Wildman–Crippen LogP) is 4.59. The number of carbonyl (C=O) groups excluding carboxylic acids is 2. The van der Waals surface area contributed by atoms with Gasteiger partial charge in [-0.05, 0) is 29.8 Å². The van der Waals surface area contributed by atoms with Crippen molar-refractivity contribution in [1.82, 2.24) is 10.6 Å². The van der Waals surface area contributed by atoms with Gasteiger partial charge in [0.15, 0.2) is 5.72 Å². The molecule has 0 unspecified atom stereocenters. The number of alkyl halides is 3. The van der Waals surface area contributed by atoms with E-state index in [0.717, 1.165) is 0 Å². The number of ketones is 1. The number of rotatable bonds is 3. The minimum absolute atomic E-state index is 0.0131. The van der Waals surface area contributed by atoms with E-state index in [1.54, 1.807) is 0 Å². The summed E-state index contributed by atoms with van der Waals surface area (Å²) in [6.45, 7) is 0. The lowest BCUT2D eigenvalue weighted by molar-refractivity contribution is -0.190. The number of hydrogen-bond acceptors (Lipinski definition) is 3. The highest BCUT2D eigenvalue weighted by Crippen LogP contribution is 2.44. The third-order valence-corrected chi connectivity index (χ3v) is 5.33. The fourth-order valence-corrected chi connectivity index (χ4v) is 3.89.